The number of benzene rings is 1. The van der Waals surface area contributed by atoms with Gasteiger partial charge in [-0.15, -0.1) is 0 Å². The van der Waals surface area contributed by atoms with E-state index in [0.29, 0.717) is 5.56 Å². The molecule has 0 fully saturated rings. The van der Waals surface area contributed by atoms with Crippen molar-refractivity contribution in [1.82, 2.24) is 0 Å². The average molecular weight is 193 g/mol. The van der Waals surface area contributed by atoms with Crippen LogP contribution < -0.4 is 0 Å². The summed E-state index contributed by atoms with van der Waals surface area (Å²) in [6.45, 7) is 3.61. The van der Waals surface area contributed by atoms with Gasteiger partial charge in [0.15, 0.2) is 0 Å². The quantitative estimate of drug-likeness (QED) is 0.719. The lowest BCUT2D eigenvalue weighted by Gasteiger charge is -2.03. The lowest BCUT2D eigenvalue weighted by molar-refractivity contribution is 0.467. The average Bonchev–Trinajstić information content (AvgIpc) is 2.14. The van der Waals surface area contributed by atoms with Gasteiger partial charge in [0.1, 0.15) is 11.6 Å². The minimum atomic E-state index is -0.446. The van der Waals surface area contributed by atoms with E-state index in [0.717, 1.165) is 11.6 Å². The lowest BCUT2D eigenvalue weighted by atomic mass is 10.1. The topological polar surface area (TPSA) is 32.6 Å². The Balaban J connectivity index is 3.07. The number of phenolic OH excluding ortho intramolecular Hbond substituents is 1. The van der Waals surface area contributed by atoms with Crippen LogP contribution in [0.2, 0.25) is 0 Å². The minimum Gasteiger partial charge on any atom is -0.507 e. The summed E-state index contributed by atoms with van der Waals surface area (Å²) in [7, 11) is 0. The standard InChI is InChI=1S/C11H12FNO/c1-3-13-7-8(2)10-5-4-9(12)6-11(10)14/h3-7,14H,1-2H3/b8-7+,13-3?. The Labute approximate surface area is 82.4 Å². The molecule has 2 nitrogen and oxygen atoms in total. The van der Waals surface area contributed by atoms with E-state index in [-0.39, 0.29) is 5.75 Å². The second-order valence-electron chi connectivity index (χ2n) is 2.88. The van der Waals surface area contributed by atoms with Gasteiger partial charge < -0.3 is 5.11 Å². The van der Waals surface area contributed by atoms with Crippen LogP contribution in [0.4, 0.5) is 4.39 Å². The summed E-state index contributed by atoms with van der Waals surface area (Å²) in [5.74, 6) is -0.511. The Bertz CT molecular complexity index is 383. The first-order valence-electron chi connectivity index (χ1n) is 4.28. The van der Waals surface area contributed by atoms with Gasteiger partial charge in [0.25, 0.3) is 0 Å². The zero-order valence-electron chi connectivity index (χ0n) is 8.16. The number of allylic oxidation sites excluding steroid dienone is 1. The van der Waals surface area contributed by atoms with E-state index in [1.807, 2.05) is 0 Å². The van der Waals surface area contributed by atoms with Crippen LogP contribution in [0.25, 0.3) is 5.57 Å². The molecule has 0 radical (unpaired) electrons. The Kier molecular flexibility index (Phi) is 3.40. The highest BCUT2D eigenvalue weighted by Crippen LogP contribution is 2.25. The third kappa shape index (κ3) is 2.42. The summed E-state index contributed by atoms with van der Waals surface area (Å²) in [4.78, 5) is 3.92. The summed E-state index contributed by atoms with van der Waals surface area (Å²) in [6.07, 6.45) is 3.26. The molecule has 1 aromatic carbocycles. The van der Waals surface area contributed by atoms with E-state index < -0.39 is 5.82 Å². The highest BCUT2D eigenvalue weighted by atomic mass is 19.1. The van der Waals surface area contributed by atoms with Crippen molar-refractivity contribution in [3.8, 4) is 5.75 Å². The molecule has 0 heterocycles. The Morgan fingerprint density at radius 2 is 2.21 bits per heavy atom. The molecule has 0 aromatic heterocycles. The van der Waals surface area contributed by atoms with Crippen LogP contribution in [0.1, 0.15) is 19.4 Å². The van der Waals surface area contributed by atoms with Crippen LogP contribution in [-0.4, -0.2) is 11.3 Å². The Morgan fingerprint density at radius 3 is 2.79 bits per heavy atom. The van der Waals surface area contributed by atoms with E-state index in [1.54, 1.807) is 26.3 Å². The SMILES string of the molecule is CC=N/C=C(\C)c1ccc(F)cc1O. The third-order valence-electron chi connectivity index (χ3n) is 1.80. The van der Waals surface area contributed by atoms with E-state index in [2.05, 4.69) is 4.99 Å². The predicted octanol–water partition coefficient (Wildman–Crippen LogP) is 2.98. The van der Waals surface area contributed by atoms with Gasteiger partial charge >= 0.3 is 0 Å². The van der Waals surface area contributed by atoms with Crippen molar-refractivity contribution in [3.05, 3.63) is 35.8 Å². The molecule has 0 amide bonds. The maximum absolute atomic E-state index is 12.7. The molecule has 0 aliphatic rings. The van der Waals surface area contributed by atoms with Gasteiger partial charge in [0.2, 0.25) is 0 Å². The Morgan fingerprint density at radius 1 is 1.50 bits per heavy atom. The van der Waals surface area contributed by atoms with Gasteiger partial charge in [-0.05, 0) is 31.6 Å². The zero-order valence-corrected chi connectivity index (χ0v) is 8.16. The van der Waals surface area contributed by atoms with Gasteiger partial charge in [-0.1, -0.05) is 0 Å². The molecule has 0 spiro atoms. The number of aromatic hydroxyl groups is 1. The molecular formula is C11H12FNO. The van der Waals surface area contributed by atoms with Crippen LogP contribution >= 0.6 is 0 Å². The highest BCUT2D eigenvalue weighted by molar-refractivity contribution is 5.69. The molecule has 1 rings (SSSR count). The smallest absolute Gasteiger partial charge is 0.126 e. The second-order valence-corrected chi connectivity index (χ2v) is 2.88. The molecule has 0 aliphatic heterocycles. The van der Waals surface area contributed by atoms with Crippen molar-refractivity contribution in [2.24, 2.45) is 4.99 Å². The molecule has 1 N–H and O–H groups in total. The molecule has 0 aliphatic carbocycles. The zero-order chi connectivity index (χ0) is 10.6. The van der Waals surface area contributed by atoms with Crippen LogP contribution in [0, 0.1) is 5.82 Å². The number of aliphatic imine (C=N–C) groups is 1. The van der Waals surface area contributed by atoms with Crippen molar-refractivity contribution in [3.63, 3.8) is 0 Å². The van der Waals surface area contributed by atoms with Crippen molar-refractivity contribution in [2.75, 3.05) is 0 Å². The van der Waals surface area contributed by atoms with E-state index in [9.17, 15) is 9.50 Å². The van der Waals surface area contributed by atoms with Crippen LogP contribution in [0.5, 0.6) is 5.75 Å². The van der Waals surface area contributed by atoms with Crippen molar-refractivity contribution in [2.45, 2.75) is 13.8 Å². The van der Waals surface area contributed by atoms with E-state index in [1.165, 1.54) is 12.1 Å². The number of nitrogens with zero attached hydrogens (tertiary/aromatic N) is 1. The molecule has 3 heteroatoms. The fourth-order valence-electron chi connectivity index (χ4n) is 1.09. The summed E-state index contributed by atoms with van der Waals surface area (Å²) < 4.78 is 12.7. The number of rotatable bonds is 2. The molecule has 0 bridgehead atoms. The van der Waals surface area contributed by atoms with Gasteiger partial charge in [0, 0.05) is 24.0 Å². The van der Waals surface area contributed by atoms with Gasteiger partial charge in [-0.2, -0.15) is 0 Å². The van der Waals surface area contributed by atoms with E-state index in [4.69, 9.17) is 0 Å². The van der Waals surface area contributed by atoms with Crippen molar-refractivity contribution in [1.29, 1.82) is 0 Å². The molecule has 0 saturated carbocycles. The number of phenols is 1. The fraction of sp³-hybridized carbons (Fsp3) is 0.182. The minimum absolute atomic E-state index is 0.0648. The van der Waals surface area contributed by atoms with Crippen molar-refractivity contribution < 1.29 is 9.50 Å². The number of hydrogen-bond donors (Lipinski definition) is 1. The Hall–Kier alpha value is -1.64. The van der Waals surface area contributed by atoms with Crippen LogP contribution in [0.3, 0.4) is 0 Å². The van der Waals surface area contributed by atoms with Crippen molar-refractivity contribution >= 4 is 11.8 Å². The highest BCUT2D eigenvalue weighted by Gasteiger charge is 2.03. The predicted molar refractivity (Wildman–Crippen MR) is 55.9 cm³/mol. The summed E-state index contributed by atoms with van der Waals surface area (Å²) >= 11 is 0. The molecule has 0 saturated heterocycles. The number of halogens is 1. The normalized spacial score (nSPS) is 12.4. The second kappa shape index (κ2) is 4.56. The fourth-order valence-corrected chi connectivity index (χ4v) is 1.09. The first-order chi connectivity index (χ1) is 6.65. The first-order valence-corrected chi connectivity index (χ1v) is 4.28. The number of hydrogen-bond acceptors (Lipinski definition) is 2. The largest absolute Gasteiger partial charge is 0.507 e. The molecular weight excluding hydrogens is 181 g/mol. The van der Waals surface area contributed by atoms with Crippen LogP contribution in [0.15, 0.2) is 29.4 Å². The lowest BCUT2D eigenvalue weighted by Crippen LogP contribution is -1.82. The summed E-state index contributed by atoms with van der Waals surface area (Å²) in [5, 5.41) is 9.43. The molecule has 1 aromatic rings. The molecule has 0 unspecified atom stereocenters. The molecule has 74 valence electrons. The van der Waals surface area contributed by atoms with Crippen LogP contribution in [-0.2, 0) is 0 Å². The maximum Gasteiger partial charge on any atom is 0.126 e. The summed E-state index contributed by atoms with van der Waals surface area (Å²) in [5.41, 5.74) is 1.39. The van der Waals surface area contributed by atoms with Gasteiger partial charge in [-0.3, -0.25) is 4.99 Å². The first kappa shape index (κ1) is 10.4. The maximum atomic E-state index is 12.7. The molecule has 14 heavy (non-hydrogen) atoms. The van der Waals surface area contributed by atoms with E-state index >= 15 is 0 Å². The molecule has 0 atom stereocenters. The van der Waals surface area contributed by atoms with Gasteiger partial charge in [-0.25, -0.2) is 4.39 Å². The monoisotopic (exact) mass is 193 g/mol. The van der Waals surface area contributed by atoms with Gasteiger partial charge in [0.05, 0.1) is 0 Å². The third-order valence-corrected chi connectivity index (χ3v) is 1.80. The summed E-state index contributed by atoms with van der Waals surface area (Å²) in [6, 6.07) is 3.92.